The molecule has 1 heterocycles. The van der Waals surface area contributed by atoms with Crippen molar-refractivity contribution in [1.29, 1.82) is 0 Å². The highest BCUT2D eigenvalue weighted by Gasteiger charge is 2.22. The largest absolute Gasteiger partial charge is 0.389 e. The zero-order valence-electron chi connectivity index (χ0n) is 19.5. The number of aromatic nitrogens is 1. The minimum atomic E-state index is -0.970. The van der Waals surface area contributed by atoms with E-state index in [0.717, 1.165) is 48.4 Å². The Kier molecular flexibility index (Phi) is 7.28. The minimum absolute atomic E-state index is 0.395. The number of hydrogen-bond donors (Lipinski definition) is 3. The molecule has 174 valence electrons. The Morgan fingerprint density at radius 1 is 1.12 bits per heavy atom. The number of ether oxygens (including phenoxy) is 1. The van der Waals surface area contributed by atoms with E-state index in [-0.39, 0.29) is 0 Å². The number of aliphatic hydroxyl groups excluding tert-OH is 2. The predicted molar refractivity (Wildman–Crippen MR) is 132 cm³/mol. The Morgan fingerprint density at radius 2 is 1.88 bits per heavy atom. The van der Waals surface area contributed by atoms with Gasteiger partial charge < -0.3 is 25.2 Å². The number of fused-ring (bicyclic) bond motifs is 1. The number of aliphatic hydroxyl groups is 2. The molecule has 0 aliphatic heterocycles. The average Bonchev–Trinajstić information content (AvgIpc) is 2.86. The van der Waals surface area contributed by atoms with Crippen LogP contribution in [0.15, 0.2) is 60.9 Å². The highest BCUT2D eigenvalue weighted by atomic mass is 16.6. The van der Waals surface area contributed by atoms with Gasteiger partial charge in [-0.3, -0.25) is 4.98 Å². The van der Waals surface area contributed by atoms with Crippen molar-refractivity contribution in [3.63, 3.8) is 0 Å². The maximum Gasteiger partial charge on any atom is 0.182 e. The Balaban J connectivity index is 1.49. The van der Waals surface area contributed by atoms with Crippen molar-refractivity contribution in [3.8, 4) is 0 Å². The van der Waals surface area contributed by atoms with E-state index in [0.29, 0.717) is 11.5 Å². The zero-order chi connectivity index (χ0) is 23.4. The number of aryl methyl sites for hydroxylation is 1. The van der Waals surface area contributed by atoms with Gasteiger partial charge in [-0.25, -0.2) is 0 Å². The van der Waals surface area contributed by atoms with Crippen LogP contribution < -0.4 is 10.2 Å². The molecule has 33 heavy (non-hydrogen) atoms. The summed E-state index contributed by atoms with van der Waals surface area (Å²) < 4.78 is 5.09. The van der Waals surface area contributed by atoms with E-state index in [4.69, 9.17) is 4.74 Å². The number of rotatable bonds is 8. The lowest BCUT2D eigenvalue weighted by Crippen LogP contribution is -2.20. The molecule has 0 bridgehead atoms. The van der Waals surface area contributed by atoms with E-state index in [1.54, 1.807) is 25.4 Å². The number of hydrogen-bond acceptors (Lipinski definition) is 6. The fourth-order valence-electron chi connectivity index (χ4n) is 4.58. The average molecular weight is 448 g/mol. The smallest absolute Gasteiger partial charge is 0.182 e. The van der Waals surface area contributed by atoms with Gasteiger partial charge in [-0.2, -0.15) is 0 Å². The van der Waals surface area contributed by atoms with Gasteiger partial charge in [0.05, 0.1) is 18.0 Å². The summed E-state index contributed by atoms with van der Waals surface area (Å²) in [5.41, 5.74) is 7.44. The molecule has 2 aromatic carbocycles. The second-order valence-corrected chi connectivity index (χ2v) is 8.73. The van der Waals surface area contributed by atoms with Crippen LogP contribution in [0.5, 0.6) is 0 Å². The molecular formula is C27H33N3O3. The second kappa shape index (κ2) is 10.3. The third-order valence-corrected chi connectivity index (χ3v) is 6.60. The van der Waals surface area contributed by atoms with Crippen LogP contribution in [0.4, 0.5) is 17.1 Å². The van der Waals surface area contributed by atoms with Crippen LogP contribution in [0.1, 0.15) is 60.3 Å². The van der Waals surface area contributed by atoms with Gasteiger partial charge in [-0.1, -0.05) is 18.2 Å². The lowest BCUT2D eigenvalue weighted by Gasteiger charge is -2.29. The molecule has 3 N–H and O–H groups in total. The van der Waals surface area contributed by atoms with Gasteiger partial charge >= 0.3 is 0 Å². The van der Waals surface area contributed by atoms with E-state index in [1.807, 2.05) is 24.3 Å². The summed E-state index contributed by atoms with van der Waals surface area (Å²) in [6.07, 6.45) is 5.32. The van der Waals surface area contributed by atoms with Gasteiger partial charge in [-0.15, -0.1) is 0 Å². The van der Waals surface area contributed by atoms with E-state index >= 15 is 0 Å². The first-order valence-corrected chi connectivity index (χ1v) is 11.5. The first kappa shape index (κ1) is 23.2. The molecule has 0 saturated carbocycles. The number of nitrogens with one attached hydrogen (secondary N) is 1. The second-order valence-electron chi connectivity index (χ2n) is 8.73. The fraction of sp³-hybridized carbons (Fsp3) is 0.370. The van der Waals surface area contributed by atoms with E-state index in [1.165, 1.54) is 18.2 Å². The van der Waals surface area contributed by atoms with E-state index in [2.05, 4.69) is 40.4 Å². The van der Waals surface area contributed by atoms with Crippen LogP contribution in [-0.2, 0) is 11.2 Å². The van der Waals surface area contributed by atoms with Gasteiger partial charge in [0.2, 0.25) is 0 Å². The van der Waals surface area contributed by atoms with Gasteiger partial charge in [0.1, 0.15) is 0 Å². The highest BCUT2D eigenvalue weighted by Crippen LogP contribution is 2.36. The number of anilines is 3. The fourth-order valence-corrected chi connectivity index (χ4v) is 4.58. The van der Waals surface area contributed by atoms with Crippen molar-refractivity contribution in [2.45, 2.75) is 44.5 Å². The van der Waals surface area contributed by atoms with Gasteiger partial charge in [0.25, 0.3) is 0 Å². The first-order chi connectivity index (χ1) is 16.0. The molecule has 0 fully saturated rings. The lowest BCUT2D eigenvalue weighted by molar-refractivity contribution is -0.0764. The van der Waals surface area contributed by atoms with Gasteiger partial charge in [-0.05, 0) is 73.2 Å². The molecule has 1 aromatic heterocycles. The Hall–Kier alpha value is -2.93. The number of methoxy groups -OCH3 is 1. The molecular weight excluding hydrogens is 414 g/mol. The zero-order valence-corrected chi connectivity index (χ0v) is 19.5. The topological polar surface area (TPSA) is 77.9 Å². The van der Waals surface area contributed by atoms with Crippen molar-refractivity contribution in [2.75, 3.05) is 30.9 Å². The van der Waals surface area contributed by atoms with E-state index < -0.39 is 12.4 Å². The molecule has 3 atom stereocenters. The Morgan fingerprint density at radius 3 is 2.61 bits per heavy atom. The summed E-state index contributed by atoms with van der Waals surface area (Å²) >= 11 is 0. The van der Waals surface area contributed by atoms with E-state index in [9.17, 15) is 10.2 Å². The quantitative estimate of drug-likeness (QED) is 0.419. The normalized spacial score (nSPS) is 17.2. The molecule has 6 heteroatoms. The van der Waals surface area contributed by atoms with Crippen molar-refractivity contribution in [3.05, 3.63) is 83.2 Å². The summed E-state index contributed by atoms with van der Waals surface area (Å²) in [4.78, 5) is 6.38. The monoisotopic (exact) mass is 447 g/mol. The maximum absolute atomic E-state index is 10.1. The van der Waals surface area contributed by atoms with Crippen molar-refractivity contribution in [2.24, 2.45) is 0 Å². The molecule has 0 radical (unpaired) electrons. The summed E-state index contributed by atoms with van der Waals surface area (Å²) in [6, 6.07) is 16.6. The van der Waals surface area contributed by atoms with Crippen molar-refractivity contribution < 1.29 is 14.9 Å². The summed E-state index contributed by atoms with van der Waals surface area (Å²) in [7, 11) is 3.56. The summed E-state index contributed by atoms with van der Waals surface area (Å²) in [5.74, 6) is 0.395. The summed E-state index contributed by atoms with van der Waals surface area (Å²) in [5, 5.41) is 23.4. The van der Waals surface area contributed by atoms with Crippen LogP contribution in [0.2, 0.25) is 0 Å². The third kappa shape index (κ3) is 5.19. The standard InChI is InChI=1S/C27H33N3O3/c1-18(31)19-7-9-22(10-8-19)30(2)23-11-12-24-20(15-23)5-4-6-21(24)16-29-26-17-28-14-13-25(26)27(32)33-3/h7-15,17-18,21,27,29,31-32H,4-6,16H2,1-3H3/t18-,21-,27?/m0/s1. The van der Waals surface area contributed by atoms with Crippen LogP contribution in [0, 0.1) is 0 Å². The molecule has 0 amide bonds. The molecule has 3 aromatic rings. The van der Waals surface area contributed by atoms with Crippen LogP contribution in [0.25, 0.3) is 0 Å². The van der Waals surface area contributed by atoms with Gasteiger partial charge in [0, 0.05) is 49.8 Å². The molecule has 1 aliphatic rings. The van der Waals surface area contributed by atoms with Crippen LogP contribution in [-0.4, -0.2) is 35.9 Å². The lowest BCUT2D eigenvalue weighted by atomic mass is 9.82. The van der Waals surface area contributed by atoms with Crippen molar-refractivity contribution in [1.82, 2.24) is 4.98 Å². The molecule has 0 spiro atoms. The predicted octanol–water partition coefficient (Wildman–Crippen LogP) is 5.07. The summed E-state index contributed by atoms with van der Waals surface area (Å²) in [6.45, 7) is 2.56. The molecule has 6 nitrogen and oxygen atoms in total. The number of nitrogens with zero attached hydrogens (tertiary/aromatic N) is 2. The Bertz CT molecular complexity index is 1070. The van der Waals surface area contributed by atoms with Crippen molar-refractivity contribution >= 4 is 17.1 Å². The SMILES string of the molecule is COC(O)c1ccncc1NC[C@@H]1CCCc2cc(N(C)c3ccc([C@H](C)O)cc3)ccc21. The third-order valence-electron chi connectivity index (χ3n) is 6.60. The minimum Gasteiger partial charge on any atom is -0.389 e. The van der Waals surface area contributed by atoms with Gasteiger partial charge in [0.15, 0.2) is 6.29 Å². The number of pyridine rings is 1. The molecule has 1 aliphatic carbocycles. The van der Waals surface area contributed by atoms with Crippen LogP contribution >= 0.6 is 0 Å². The Labute approximate surface area is 195 Å². The highest BCUT2D eigenvalue weighted by molar-refractivity contribution is 5.64. The maximum atomic E-state index is 10.1. The number of benzene rings is 2. The van der Waals surface area contributed by atoms with Crippen LogP contribution in [0.3, 0.4) is 0 Å². The molecule has 1 unspecified atom stereocenters. The molecule has 4 rings (SSSR count). The molecule has 0 saturated heterocycles. The first-order valence-electron chi connectivity index (χ1n) is 11.5.